The fourth-order valence-corrected chi connectivity index (χ4v) is 18.9. The molecule has 1 heterocycles. The van der Waals surface area contributed by atoms with Crippen molar-refractivity contribution >= 4 is 29.6 Å². The lowest BCUT2D eigenvalue weighted by molar-refractivity contribution is -0.270. The zero-order valence-corrected chi connectivity index (χ0v) is 52.3. The van der Waals surface area contributed by atoms with Crippen molar-refractivity contribution in [3.05, 3.63) is 12.2 Å². The third-order valence-electron chi connectivity index (χ3n) is 24.2. The largest absolute Gasteiger partial charge is 0.465 e. The number of methoxy groups -OCH3 is 2. The highest BCUT2D eigenvalue weighted by Gasteiger charge is 2.74. The van der Waals surface area contributed by atoms with E-state index >= 15 is 0 Å². The van der Waals surface area contributed by atoms with Crippen LogP contribution >= 0.6 is 0 Å². The topological polar surface area (TPSA) is 147 Å². The van der Waals surface area contributed by atoms with Gasteiger partial charge in [-0.3, -0.25) is 28.9 Å². The second-order valence-corrected chi connectivity index (χ2v) is 28.8. The number of carbonyl (C=O) groups excluding carboxylic acids is 5. The van der Waals surface area contributed by atoms with E-state index in [1.54, 1.807) is 33.1 Å². The molecule has 0 aromatic rings. The maximum absolute atomic E-state index is 14.8. The summed E-state index contributed by atoms with van der Waals surface area (Å²) in [4.78, 5) is 75.5. The maximum atomic E-state index is 14.8. The van der Waals surface area contributed by atoms with E-state index < -0.39 is 36.3 Å². The van der Waals surface area contributed by atoms with Crippen LogP contribution in [0.5, 0.6) is 0 Å². The number of ether oxygens (including phenoxy) is 3. The molecule has 2 N–H and O–H groups in total. The van der Waals surface area contributed by atoms with Gasteiger partial charge in [0.15, 0.2) is 0 Å². The summed E-state index contributed by atoms with van der Waals surface area (Å²) in [6, 6.07) is -1.91. The first-order chi connectivity index (χ1) is 35.8. The van der Waals surface area contributed by atoms with Gasteiger partial charge in [-0.25, -0.2) is 0 Å². The minimum Gasteiger partial charge on any atom is -0.465 e. The van der Waals surface area contributed by atoms with E-state index in [1.165, 1.54) is 24.8 Å². The van der Waals surface area contributed by atoms with Crippen molar-refractivity contribution in [2.45, 2.75) is 236 Å². The third kappa shape index (κ3) is 11.0. The van der Waals surface area contributed by atoms with E-state index in [1.807, 2.05) is 58.5 Å². The van der Waals surface area contributed by atoms with Gasteiger partial charge in [-0.15, -0.1) is 0 Å². The van der Waals surface area contributed by atoms with Gasteiger partial charge in [0.1, 0.15) is 6.04 Å². The van der Waals surface area contributed by atoms with Crippen LogP contribution in [0.25, 0.3) is 0 Å². The first kappa shape index (κ1) is 63.2. The molecular formula is C64H111N5O8. The lowest BCUT2D eigenvalue weighted by atomic mass is 9.29. The van der Waals surface area contributed by atoms with Gasteiger partial charge in [-0.2, -0.15) is 0 Å². The first-order valence-electron chi connectivity index (χ1n) is 30.5. The summed E-state index contributed by atoms with van der Waals surface area (Å²) in [7, 11) is 8.81. The molecule has 0 radical (unpaired) electrons. The van der Waals surface area contributed by atoms with Crippen molar-refractivity contribution in [1.82, 2.24) is 25.3 Å². The van der Waals surface area contributed by atoms with Gasteiger partial charge in [-0.05, 0) is 167 Å². The van der Waals surface area contributed by atoms with Gasteiger partial charge in [0.05, 0.1) is 49.3 Å². The van der Waals surface area contributed by atoms with Crippen molar-refractivity contribution in [2.75, 3.05) is 48.5 Å². The number of hydrogen-bond donors (Lipinski definition) is 2. The van der Waals surface area contributed by atoms with Crippen molar-refractivity contribution in [2.24, 2.45) is 79.8 Å². The number of nitrogens with zero attached hydrogens (tertiary/aromatic N) is 3. The fourth-order valence-electron chi connectivity index (χ4n) is 18.9. The molecule has 13 heteroatoms. The molecule has 6 aliphatic rings. The normalized spacial score (nSPS) is 36.3. The Hall–Kier alpha value is -3.03. The second kappa shape index (κ2) is 23.8. The summed E-state index contributed by atoms with van der Waals surface area (Å²) in [5.41, 5.74) is 1.49. The minimum atomic E-state index is -0.756. The average molecular weight is 1080 g/mol. The molecule has 440 valence electrons. The molecule has 77 heavy (non-hydrogen) atoms. The van der Waals surface area contributed by atoms with Crippen LogP contribution in [0.15, 0.2) is 12.2 Å². The number of fused-ring (bicyclic) bond motifs is 7. The zero-order chi connectivity index (χ0) is 57.7. The Morgan fingerprint density at radius 2 is 1.40 bits per heavy atom. The SMILES string of the molecule is C=C(C)[C@@H]1CC[C@]2(COC(C)=O)CC[C@]3(C)C(CCC4[C@@]5(C)CC[C@H](NC(=O)[C@H](C)[C@@H](OC)C6CCCN6C(=O)C[C@@H](OC)[C@H]([C@@H](C)CC)N(C)C(=O)[C@@H](NC(=O)[C@H](C(C)C)N(C)C)C(C)C)C(C)(C)[C@]5(C)CC[C@]43C)[C@@H]12. The number of nitrogens with one attached hydrogen (secondary N) is 2. The highest BCUT2D eigenvalue weighted by Crippen LogP contribution is 2.80. The Labute approximate surface area is 468 Å². The monoisotopic (exact) mass is 1080 g/mol. The fraction of sp³-hybridized carbons (Fsp3) is 0.891. The summed E-state index contributed by atoms with van der Waals surface area (Å²) in [6.45, 7) is 38.8. The van der Waals surface area contributed by atoms with Crippen molar-refractivity contribution in [1.29, 1.82) is 0 Å². The third-order valence-corrected chi connectivity index (χ3v) is 24.2. The van der Waals surface area contributed by atoms with Crippen LogP contribution in [0.4, 0.5) is 0 Å². The van der Waals surface area contributed by atoms with E-state index in [0.29, 0.717) is 36.8 Å². The second-order valence-electron chi connectivity index (χ2n) is 28.8. The Morgan fingerprint density at radius 1 is 0.753 bits per heavy atom. The van der Waals surface area contributed by atoms with Gasteiger partial charge < -0.3 is 34.6 Å². The molecule has 0 bridgehead atoms. The number of allylic oxidation sites excluding steroid dienone is 1. The van der Waals surface area contributed by atoms with E-state index in [0.717, 1.165) is 64.2 Å². The van der Waals surface area contributed by atoms with Crippen LogP contribution in [0.3, 0.4) is 0 Å². The molecular weight excluding hydrogens is 967 g/mol. The van der Waals surface area contributed by atoms with Crippen LogP contribution in [-0.2, 0) is 38.2 Å². The van der Waals surface area contributed by atoms with Gasteiger partial charge in [0, 0.05) is 46.2 Å². The Morgan fingerprint density at radius 3 is 1.96 bits per heavy atom. The van der Waals surface area contributed by atoms with Crippen LogP contribution < -0.4 is 10.6 Å². The first-order valence-corrected chi connectivity index (χ1v) is 30.5. The minimum absolute atomic E-state index is 0.0128. The highest BCUT2D eigenvalue weighted by atomic mass is 16.5. The molecule has 1 aliphatic heterocycles. The van der Waals surface area contributed by atoms with Crippen LogP contribution in [-0.4, -0.2) is 135 Å². The van der Waals surface area contributed by atoms with Gasteiger partial charge in [0.25, 0.3) is 0 Å². The zero-order valence-electron chi connectivity index (χ0n) is 52.3. The smallest absolute Gasteiger partial charge is 0.302 e. The number of hydrogen-bond acceptors (Lipinski definition) is 9. The number of rotatable bonds is 21. The standard InChI is InChI=1S/C64H111N5O8/c1-22-41(8)54(68(19)58(74)52(39(4)5)66-57(73)53(40(6)7)67(17)18)47(75-20)36-50(71)69-35-23-24-46(69)55(76-21)42(9)56(72)65-49-28-29-62(15)48-26-25-45-51-44(38(2)3)27-30-64(51,37-77-43(10)70)34-32-60(45,13)61(48,14)31-33-63(62,16)59(49,11)12/h39-42,44-49,51-55H,2,22-37H2,1,3-21H3,(H,65,72)(H,66,73)/t41-,42+,44-,45?,46?,47+,48?,49-,51+,52-,53-,54-,55+,60+,61+,62+,63-,64+/m0/s1. The predicted octanol–water partition coefficient (Wildman–Crippen LogP) is 10.7. The summed E-state index contributed by atoms with van der Waals surface area (Å²) >= 11 is 0. The van der Waals surface area contributed by atoms with E-state index in [-0.39, 0.29) is 98.3 Å². The van der Waals surface area contributed by atoms with Crippen molar-refractivity contribution in [3.63, 3.8) is 0 Å². The molecule has 4 amide bonds. The van der Waals surface area contributed by atoms with Crippen LogP contribution in [0.2, 0.25) is 0 Å². The highest BCUT2D eigenvalue weighted by molar-refractivity contribution is 5.90. The molecule has 18 atom stereocenters. The summed E-state index contributed by atoms with van der Waals surface area (Å²) in [5, 5.41) is 6.75. The predicted molar refractivity (Wildman–Crippen MR) is 307 cm³/mol. The Balaban J connectivity index is 1.16. The maximum Gasteiger partial charge on any atom is 0.302 e. The lowest BCUT2D eigenvalue weighted by Gasteiger charge is -2.76. The number of likely N-dealkylation sites (tertiary alicyclic amines) is 1. The van der Waals surface area contributed by atoms with E-state index in [2.05, 4.69) is 79.5 Å². The molecule has 5 saturated carbocycles. The number of esters is 1. The molecule has 0 aromatic heterocycles. The molecule has 6 rings (SSSR count). The molecule has 3 unspecified atom stereocenters. The molecule has 0 aromatic carbocycles. The molecule has 0 spiro atoms. The van der Waals surface area contributed by atoms with Crippen LogP contribution in [0.1, 0.15) is 194 Å². The molecule has 6 fully saturated rings. The number of carbonyl (C=O) groups is 5. The van der Waals surface area contributed by atoms with Gasteiger partial charge >= 0.3 is 5.97 Å². The number of likely N-dealkylation sites (N-methyl/N-ethyl adjacent to an activating group) is 2. The summed E-state index contributed by atoms with van der Waals surface area (Å²) in [5.74, 6) is 0.741. The molecule has 1 saturated heterocycles. The van der Waals surface area contributed by atoms with Crippen molar-refractivity contribution in [3.8, 4) is 0 Å². The Bertz CT molecular complexity index is 2140. The van der Waals surface area contributed by atoms with Gasteiger partial charge in [0.2, 0.25) is 23.6 Å². The quantitative estimate of drug-likeness (QED) is 0.0847. The van der Waals surface area contributed by atoms with Crippen molar-refractivity contribution < 1.29 is 38.2 Å². The summed E-state index contributed by atoms with van der Waals surface area (Å²) < 4.78 is 18.4. The average Bonchev–Trinajstić information content (AvgIpc) is 4.00. The lowest BCUT2D eigenvalue weighted by Crippen LogP contribution is -2.71. The summed E-state index contributed by atoms with van der Waals surface area (Å²) in [6.07, 6.45) is 12.4. The van der Waals surface area contributed by atoms with E-state index in [4.69, 9.17) is 14.2 Å². The molecule has 5 aliphatic carbocycles. The van der Waals surface area contributed by atoms with Gasteiger partial charge in [-0.1, -0.05) is 109 Å². The Kier molecular flexibility index (Phi) is 19.5. The number of amides is 4. The molecule has 13 nitrogen and oxygen atoms in total. The van der Waals surface area contributed by atoms with Crippen LogP contribution in [0, 0.1) is 79.8 Å². The van der Waals surface area contributed by atoms with E-state index in [9.17, 15) is 24.0 Å².